The standard InChI is InChI=1S/C10H14BrNO/c1-6-4-8(7(2)12)5-9(13-3)10(6)11/h4-5,7H,12H2,1-3H3. The van der Waals surface area contributed by atoms with E-state index in [1.165, 1.54) is 0 Å². The smallest absolute Gasteiger partial charge is 0.133 e. The van der Waals surface area contributed by atoms with E-state index in [4.69, 9.17) is 10.5 Å². The average Bonchev–Trinajstić information content (AvgIpc) is 2.09. The predicted octanol–water partition coefficient (Wildman–Crippen LogP) is 2.79. The quantitative estimate of drug-likeness (QED) is 0.868. The van der Waals surface area contributed by atoms with Crippen molar-refractivity contribution in [2.75, 3.05) is 7.11 Å². The fourth-order valence-electron chi connectivity index (χ4n) is 1.18. The predicted molar refractivity (Wildman–Crippen MR) is 58.0 cm³/mol. The normalized spacial score (nSPS) is 12.7. The average molecular weight is 244 g/mol. The van der Waals surface area contributed by atoms with Crippen LogP contribution < -0.4 is 10.5 Å². The van der Waals surface area contributed by atoms with E-state index in [2.05, 4.69) is 22.0 Å². The van der Waals surface area contributed by atoms with Crippen molar-refractivity contribution in [1.82, 2.24) is 0 Å². The van der Waals surface area contributed by atoms with Gasteiger partial charge in [0.2, 0.25) is 0 Å². The molecule has 3 heteroatoms. The third kappa shape index (κ3) is 2.23. The molecule has 0 aliphatic heterocycles. The Balaban J connectivity index is 3.22. The van der Waals surface area contributed by atoms with Crippen LogP contribution in [0.4, 0.5) is 0 Å². The van der Waals surface area contributed by atoms with E-state index in [0.717, 1.165) is 21.3 Å². The number of halogens is 1. The van der Waals surface area contributed by atoms with Crippen LogP contribution in [-0.4, -0.2) is 7.11 Å². The van der Waals surface area contributed by atoms with Gasteiger partial charge in [0.1, 0.15) is 5.75 Å². The monoisotopic (exact) mass is 243 g/mol. The van der Waals surface area contributed by atoms with E-state index in [-0.39, 0.29) is 6.04 Å². The van der Waals surface area contributed by atoms with Gasteiger partial charge in [0.15, 0.2) is 0 Å². The molecule has 0 amide bonds. The van der Waals surface area contributed by atoms with Crippen molar-refractivity contribution in [3.8, 4) is 5.75 Å². The molecule has 1 unspecified atom stereocenters. The summed E-state index contributed by atoms with van der Waals surface area (Å²) < 4.78 is 6.21. The highest BCUT2D eigenvalue weighted by atomic mass is 79.9. The topological polar surface area (TPSA) is 35.2 Å². The maximum atomic E-state index is 5.79. The van der Waals surface area contributed by atoms with Gasteiger partial charge in [-0.25, -0.2) is 0 Å². The van der Waals surface area contributed by atoms with E-state index in [9.17, 15) is 0 Å². The molecule has 0 saturated heterocycles. The van der Waals surface area contributed by atoms with Gasteiger partial charge in [-0.05, 0) is 47.0 Å². The Bertz CT molecular complexity index is 310. The number of hydrogen-bond acceptors (Lipinski definition) is 2. The second-order valence-electron chi connectivity index (χ2n) is 3.14. The zero-order valence-electron chi connectivity index (χ0n) is 8.10. The summed E-state index contributed by atoms with van der Waals surface area (Å²) >= 11 is 3.46. The Hall–Kier alpha value is -0.540. The Morgan fingerprint density at radius 2 is 2.08 bits per heavy atom. The molecule has 2 nitrogen and oxygen atoms in total. The molecule has 0 saturated carbocycles. The second-order valence-corrected chi connectivity index (χ2v) is 3.94. The minimum atomic E-state index is 0.0423. The maximum Gasteiger partial charge on any atom is 0.133 e. The van der Waals surface area contributed by atoms with Crippen LogP contribution in [-0.2, 0) is 0 Å². The van der Waals surface area contributed by atoms with E-state index in [1.807, 2.05) is 19.9 Å². The Morgan fingerprint density at radius 1 is 1.46 bits per heavy atom. The zero-order valence-corrected chi connectivity index (χ0v) is 9.68. The number of methoxy groups -OCH3 is 1. The van der Waals surface area contributed by atoms with Gasteiger partial charge in [0.05, 0.1) is 11.6 Å². The molecule has 0 aliphatic rings. The lowest BCUT2D eigenvalue weighted by Crippen LogP contribution is -2.05. The first-order chi connectivity index (χ1) is 6.06. The molecule has 0 heterocycles. The highest BCUT2D eigenvalue weighted by molar-refractivity contribution is 9.10. The first-order valence-corrected chi connectivity index (χ1v) is 4.95. The van der Waals surface area contributed by atoms with Gasteiger partial charge in [0, 0.05) is 6.04 Å². The van der Waals surface area contributed by atoms with Gasteiger partial charge in [-0.3, -0.25) is 0 Å². The van der Waals surface area contributed by atoms with Crippen LogP contribution in [0.25, 0.3) is 0 Å². The molecule has 0 fully saturated rings. The lowest BCUT2D eigenvalue weighted by atomic mass is 10.1. The summed E-state index contributed by atoms with van der Waals surface area (Å²) in [6, 6.07) is 4.07. The molecular weight excluding hydrogens is 230 g/mol. The van der Waals surface area contributed by atoms with Gasteiger partial charge < -0.3 is 10.5 Å². The number of nitrogens with two attached hydrogens (primary N) is 1. The molecule has 13 heavy (non-hydrogen) atoms. The minimum absolute atomic E-state index is 0.0423. The summed E-state index contributed by atoms with van der Waals surface area (Å²) in [7, 11) is 1.66. The number of benzene rings is 1. The molecule has 0 aromatic heterocycles. The van der Waals surface area contributed by atoms with Gasteiger partial charge in [-0.15, -0.1) is 0 Å². The first kappa shape index (κ1) is 10.5. The van der Waals surface area contributed by atoms with Gasteiger partial charge in [-0.2, -0.15) is 0 Å². The summed E-state index contributed by atoms with van der Waals surface area (Å²) in [5.74, 6) is 0.840. The van der Waals surface area contributed by atoms with Crippen molar-refractivity contribution >= 4 is 15.9 Å². The number of aryl methyl sites for hydroxylation is 1. The molecule has 1 atom stereocenters. The van der Waals surface area contributed by atoms with Crippen LogP contribution in [0.3, 0.4) is 0 Å². The summed E-state index contributed by atoms with van der Waals surface area (Å²) in [4.78, 5) is 0. The van der Waals surface area contributed by atoms with Crippen LogP contribution >= 0.6 is 15.9 Å². The largest absolute Gasteiger partial charge is 0.496 e. The lowest BCUT2D eigenvalue weighted by Gasteiger charge is -2.11. The SMILES string of the molecule is COc1cc(C(C)N)cc(C)c1Br. The number of rotatable bonds is 2. The molecule has 72 valence electrons. The third-order valence-electron chi connectivity index (χ3n) is 1.99. The van der Waals surface area contributed by atoms with Gasteiger partial charge in [-0.1, -0.05) is 6.07 Å². The van der Waals surface area contributed by atoms with Gasteiger partial charge in [0.25, 0.3) is 0 Å². The van der Waals surface area contributed by atoms with Crippen LogP contribution in [0.5, 0.6) is 5.75 Å². The molecule has 1 aromatic rings. The molecule has 0 radical (unpaired) electrons. The number of hydrogen-bond donors (Lipinski definition) is 1. The summed E-state index contributed by atoms with van der Waals surface area (Å²) in [5.41, 5.74) is 8.03. The summed E-state index contributed by atoms with van der Waals surface area (Å²) in [5, 5.41) is 0. The highest BCUT2D eigenvalue weighted by Gasteiger charge is 2.08. The fourth-order valence-corrected chi connectivity index (χ4v) is 1.57. The van der Waals surface area contributed by atoms with Crippen LogP contribution in [0, 0.1) is 6.92 Å². The van der Waals surface area contributed by atoms with E-state index >= 15 is 0 Å². The van der Waals surface area contributed by atoms with Crippen LogP contribution in [0.15, 0.2) is 16.6 Å². The van der Waals surface area contributed by atoms with Crippen molar-refractivity contribution in [2.45, 2.75) is 19.9 Å². The van der Waals surface area contributed by atoms with Crippen molar-refractivity contribution in [1.29, 1.82) is 0 Å². The Labute approximate surface area is 87.2 Å². The molecule has 1 rings (SSSR count). The highest BCUT2D eigenvalue weighted by Crippen LogP contribution is 2.31. The summed E-state index contributed by atoms with van der Waals surface area (Å²) in [6.07, 6.45) is 0. The second kappa shape index (κ2) is 4.11. The van der Waals surface area contributed by atoms with Crippen molar-refractivity contribution in [3.05, 3.63) is 27.7 Å². The molecule has 0 spiro atoms. The fraction of sp³-hybridized carbons (Fsp3) is 0.400. The molecule has 1 aromatic carbocycles. The third-order valence-corrected chi connectivity index (χ3v) is 3.01. The molecular formula is C10H14BrNO. The molecule has 0 aliphatic carbocycles. The van der Waals surface area contributed by atoms with Crippen molar-refractivity contribution < 1.29 is 4.74 Å². The first-order valence-electron chi connectivity index (χ1n) is 4.16. The maximum absolute atomic E-state index is 5.79. The summed E-state index contributed by atoms with van der Waals surface area (Å²) in [6.45, 7) is 3.99. The molecule has 0 bridgehead atoms. The van der Waals surface area contributed by atoms with Crippen LogP contribution in [0.1, 0.15) is 24.1 Å². The van der Waals surface area contributed by atoms with E-state index < -0.39 is 0 Å². The van der Waals surface area contributed by atoms with Gasteiger partial charge >= 0.3 is 0 Å². The zero-order chi connectivity index (χ0) is 10.0. The Morgan fingerprint density at radius 3 is 2.54 bits per heavy atom. The van der Waals surface area contributed by atoms with Crippen LogP contribution in [0.2, 0.25) is 0 Å². The number of ether oxygens (including phenoxy) is 1. The molecule has 2 N–H and O–H groups in total. The van der Waals surface area contributed by atoms with E-state index in [1.54, 1.807) is 7.11 Å². The van der Waals surface area contributed by atoms with Crippen molar-refractivity contribution in [2.24, 2.45) is 5.73 Å². The Kier molecular flexibility index (Phi) is 3.33. The minimum Gasteiger partial charge on any atom is -0.496 e. The van der Waals surface area contributed by atoms with E-state index in [0.29, 0.717) is 0 Å². The van der Waals surface area contributed by atoms with Crippen molar-refractivity contribution in [3.63, 3.8) is 0 Å². The lowest BCUT2D eigenvalue weighted by molar-refractivity contribution is 0.411.